The number of fused-ring (bicyclic) bond motifs is 3. The van der Waals surface area contributed by atoms with Crippen LogP contribution in [0.3, 0.4) is 0 Å². The van der Waals surface area contributed by atoms with Crippen molar-refractivity contribution in [2.75, 3.05) is 0 Å². The Morgan fingerprint density at radius 1 is 1.00 bits per heavy atom. The Kier molecular flexibility index (Phi) is 4.39. The summed E-state index contributed by atoms with van der Waals surface area (Å²) in [5.41, 5.74) is 0.212. The molecule has 25 heavy (non-hydrogen) atoms. The minimum atomic E-state index is -0.517. The van der Waals surface area contributed by atoms with E-state index in [9.17, 15) is 9.59 Å². The van der Waals surface area contributed by atoms with Gasteiger partial charge in [-0.1, -0.05) is 62.4 Å². The summed E-state index contributed by atoms with van der Waals surface area (Å²) in [7, 11) is 0. The number of ketones is 1. The van der Waals surface area contributed by atoms with Crippen LogP contribution in [-0.4, -0.2) is 5.78 Å². The highest BCUT2D eigenvalue weighted by atomic mass is 16.4. The largest absolute Gasteiger partial charge is 0.422 e. The topological polar surface area (TPSA) is 47.3 Å². The van der Waals surface area contributed by atoms with Crippen LogP contribution in [0.25, 0.3) is 21.7 Å². The van der Waals surface area contributed by atoms with Crippen molar-refractivity contribution in [3.63, 3.8) is 0 Å². The van der Waals surface area contributed by atoms with Crippen molar-refractivity contribution in [1.82, 2.24) is 0 Å². The van der Waals surface area contributed by atoms with Gasteiger partial charge < -0.3 is 4.42 Å². The summed E-state index contributed by atoms with van der Waals surface area (Å²) >= 11 is 0. The van der Waals surface area contributed by atoms with E-state index < -0.39 is 5.63 Å². The fourth-order valence-corrected chi connectivity index (χ4v) is 4.01. The minimum absolute atomic E-state index is 0.0887. The van der Waals surface area contributed by atoms with Crippen molar-refractivity contribution in [3.8, 4) is 0 Å². The molecule has 0 unspecified atom stereocenters. The lowest BCUT2D eigenvalue weighted by Gasteiger charge is -2.20. The van der Waals surface area contributed by atoms with Gasteiger partial charge in [0.15, 0.2) is 5.78 Å². The molecule has 0 amide bonds. The third-order valence-corrected chi connectivity index (χ3v) is 5.45. The van der Waals surface area contributed by atoms with Gasteiger partial charge in [0.05, 0.1) is 0 Å². The molecule has 1 saturated carbocycles. The Balaban J connectivity index is 1.66. The molecular formula is C22H22O3. The molecular weight excluding hydrogens is 312 g/mol. The number of hydrogen-bond donors (Lipinski definition) is 0. The summed E-state index contributed by atoms with van der Waals surface area (Å²) in [6.45, 7) is 0. The van der Waals surface area contributed by atoms with Gasteiger partial charge in [0.2, 0.25) is 0 Å². The quantitative estimate of drug-likeness (QED) is 0.360. The Bertz CT molecular complexity index is 977. The molecule has 2 aromatic carbocycles. The maximum atomic E-state index is 12.6. The van der Waals surface area contributed by atoms with Crippen LogP contribution in [0.4, 0.5) is 0 Å². The first-order chi connectivity index (χ1) is 12.2. The molecule has 1 aromatic heterocycles. The minimum Gasteiger partial charge on any atom is -0.422 e. The standard InChI is InChI=1S/C22H22O3/c23-20(12-10-15-6-2-1-3-7-15)19-14-18-17-9-5-4-8-16(17)11-13-21(18)25-22(19)24/h4-5,8-9,11,13-15H,1-3,6-7,10,12H2. The molecule has 0 N–H and O–H groups in total. The SMILES string of the molecule is O=C(CCC1CCCCC1)c1cc2c(ccc3ccccc32)oc1=O. The van der Waals surface area contributed by atoms with E-state index in [1.807, 2.05) is 30.3 Å². The zero-order valence-corrected chi connectivity index (χ0v) is 14.3. The monoisotopic (exact) mass is 334 g/mol. The second-order valence-corrected chi connectivity index (χ2v) is 7.11. The van der Waals surface area contributed by atoms with Crippen molar-refractivity contribution in [3.05, 3.63) is 58.4 Å². The van der Waals surface area contributed by atoms with Crippen LogP contribution in [-0.2, 0) is 0 Å². The summed E-state index contributed by atoms with van der Waals surface area (Å²) in [4.78, 5) is 24.9. The van der Waals surface area contributed by atoms with Crippen LogP contribution in [0.1, 0.15) is 55.3 Å². The van der Waals surface area contributed by atoms with Gasteiger partial charge in [-0.15, -0.1) is 0 Å². The first-order valence-electron chi connectivity index (χ1n) is 9.21. The Hall–Kier alpha value is -2.42. The van der Waals surface area contributed by atoms with E-state index in [1.165, 1.54) is 32.1 Å². The van der Waals surface area contributed by atoms with Gasteiger partial charge >= 0.3 is 5.63 Å². The van der Waals surface area contributed by atoms with Crippen LogP contribution < -0.4 is 5.63 Å². The third-order valence-electron chi connectivity index (χ3n) is 5.45. The van der Waals surface area contributed by atoms with Gasteiger partial charge in [0, 0.05) is 11.8 Å². The fraction of sp³-hybridized carbons (Fsp3) is 0.364. The number of Topliss-reactive ketones (excluding diaryl/α,β-unsaturated/α-hetero) is 1. The first-order valence-corrected chi connectivity index (χ1v) is 9.21. The average Bonchev–Trinajstić information content (AvgIpc) is 2.66. The van der Waals surface area contributed by atoms with Crippen LogP contribution in [0, 0.1) is 5.92 Å². The van der Waals surface area contributed by atoms with Crippen LogP contribution >= 0.6 is 0 Å². The summed E-state index contributed by atoms with van der Waals surface area (Å²) in [5, 5.41) is 2.91. The van der Waals surface area contributed by atoms with Crippen molar-refractivity contribution in [2.24, 2.45) is 5.92 Å². The van der Waals surface area contributed by atoms with Crippen molar-refractivity contribution in [2.45, 2.75) is 44.9 Å². The second kappa shape index (κ2) is 6.83. The van der Waals surface area contributed by atoms with Crippen molar-refractivity contribution >= 4 is 27.5 Å². The number of carbonyl (C=O) groups is 1. The lowest BCUT2D eigenvalue weighted by Crippen LogP contribution is -2.15. The van der Waals surface area contributed by atoms with Gasteiger partial charge in [0.25, 0.3) is 0 Å². The number of hydrogen-bond acceptors (Lipinski definition) is 3. The van der Waals surface area contributed by atoms with Crippen LogP contribution in [0.5, 0.6) is 0 Å². The normalized spacial score (nSPS) is 15.7. The molecule has 1 heterocycles. The lowest BCUT2D eigenvalue weighted by atomic mass is 9.85. The second-order valence-electron chi connectivity index (χ2n) is 7.11. The number of benzene rings is 2. The molecule has 1 aliphatic rings. The number of rotatable bonds is 4. The average molecular weight is 334 g/mol. The summed E-state index contributed by atoms with van der Waals surface area (Å²) in [6, 6.07) is 13.4. The highest BCUT2D eigenvalue weighted by Crippen LogP contribution is 2.28. The predicted octanol–water partition coefficient (Wildman–Crippen LogP) is 5.49. The molecule has 3 heteroatoms. The molecule has 3 aromatic rings. The zero-order chi connectivity index (χ0) is 17.2. The molecule has 1 fully saturated rings. The van der Waals surface area contributed by atoms with Crippen molar-refractivity contribution < 1.29 is 9.21 Å². The number of carbonyl (C=O) groups excluding carboxylic acids is 1. The van der Waals surface area contributed by atoms with E-state index in [4.69, 9.17) is 4.42 Å². The Morgan fingerprint density at radius 2 is 1.80 bits per heavy atom. The molecule has 0 atom stereocenters. The van der Waals surface area contributed by atoms with E-state index in [2.05, 4.69) is 0 Å². The molecule has 0 bridgehead atoms. The van der Waals surface area contributed by atoms with Gasteiger partial charge in [-0.25, -0.2) is 4.79 Å². The first kappa shape index (κ1) is 16.1. The molecule has 0 aliphatic heterocycles. The summed E-state index contributed by atoms with van der Waals surface area (Å²) in [5.74, 6) is 0.542. The summed E-state index contributed by atoms with van der Waals surface area (Å²) < 4.78 is 5.44. The van der Waals surface area contributed by atoms with Crippen molar-refractivity contribution in [1.29, 1.82) is 0 Å². The smallest absolute Gasteiger partial charge is 0.347 e. The summed E-state index contributed by atoms with van der Waals surface area (Å²) in [6.07, 6.45) is 7.59. The highest BCUT2D eigenvalue weighted by Gasteiger charge is 2.18. The molecule has 128 valence electrons. The molecule has 0 spiro atoms. The maximum Gasteiger partial charge on any atom is 0.347 e. The van der Waals surface area contributed by atoms with Crippen LogP contribution in [0.15, 0.2) is 51.7 Å². The van der Waals surface area contributed by atoms with E-state index in [1.54, 1.807) is 12.1 Å². The van der Waals surface area contributed by atoms with Crippen LogP contribution in [0.2, 0.25) is 0 Å². The van der Waals surface area contributed by atoms with E-state index in [0.29, 0.717) is 17.9 Å². The Labute approximate surface area is 146 Å². The molecule has 3 nitrogen and oxygen atoms in total. The van der Waals surface area contributed by atoms with E-state index in [0.717, 1.165) is 22.6 Å². The van der Waals surface area contributed by atoms with Gasteiger partial charge in [-0.05, 0) is 35.2 Å². The molecule has 0 radical (unpaired) electrons. The van der Waals surface area contributed by atoms with E-state index >= 15 is 0 Å². The molecule has 1 aliphatic carbocycles. The molecule has 4 rings (SSSR count). The molecule has 0 saturated heterocycles. The van der Waals surface area contributed by atoms with Gasteiger partial charge in [-0.3, -0.25) is 4.79 Å². The highest BCUT2D eigenvalue weighted by molar-refractivity contribution is 6.08. The lowest BCUT2D eigenvalue weighted by molar-refractivity contribution is 0.0966. The fourth-order valence-electron chi connectivity index (χ4n) is 4.01. The zero-order valence-electron chi connectivity index (χ0n) is 14.3. The Morgan fingerprint density at radius 3 is 2.64 bits per heavy atom. The third kappa shape index (κ3) is 3.23. The maximum absolute atomic E-state index is 12.6. The van der Waals surface area contributed by atoms with E-state index in [-0.39, 0.29) is 11.3 Å². The predicted molar refractivity (Wildman–Crippen MR) is 100 cm³/mol. The van der Waals surface area contributed by atoms with Gasteiger partial charge in [0.1, 0.15) is 11.1 Å². The van der Waals surface area contributed by atoms with Gasteiger partial charge in [-0.2, -0.15) is 0 Å².